The number of hydrogen-bond donors (Lipinski definition) is 0. The second-order valence-corrected chi connectivity index (χ2v) is 7.75. The van der Waals surface area contributed by atoms with Gasteiger partial charge in [0.15, 0.2) is 11.2 Å². The number of benzene rings is 2. The van der Waals surface area contributed by atoms with Crippen LogP contribution in [0.5, 0.6) is 0 Å². The van der Waals surface area contributed by atoms with Gasteiger partial charge in [0.05, 0.1) is 31.2 Å². The SMILES string of the molecule is O=c1c2c(ncn2Cc2c(F)cccc2F)n(-c2ccccc2)c(=O)n1C[C@H]1CCCO1. The number of rotatable bonds is 5. The minimum atomic E-state index is -0.720. The molecular formula is C23H20F2N4O3. The van der Waals surface area contributed by atoms with Crippen LogP contribution in [0.4, 0.5) is 8.78 Å². The first kappa shape index (κ1) is 20.3. The van der Waals surface area contributed by atoms with Gasteiger partial charge in [0, 0.05) is 12.2 Å². The molecule has 5 rings (SSSR count). The Hall–Kier alpha value is -3.59. The predicted molar refractivity (Wildman–Crippen MR) is 114 cm³/mol. The summed E-state index contributed by atoms with van der Waals surface area (Å²) in [6.07, 6.45) is 2.68. The van der Waals surface area contributed by atoms with E-state index in [1.807, 2.05) is 6.07 Å². The smallest absolute Gasteiger partial charge is 0.337 e. The van der Waals surface area contributed by atoms with Crippen molar-refractivity contribution in [2.45, 2.75) is 32.0 Å². The van der Waals surface area contributed by atoms with E-state index < -0.39 is 22.9 Å². The van der Waals surface area contributed by atoms with Crippen LogP contribution in [-0.2, 0) is 17.8 Å². The van der Waals surface area contributed by atoms with Crippen molar-refractivity contribution in [3.8, 4) is 5.69 Å². The predicted octanol–water partition coefficient (Wildman–Crippen LogP) is 2.85. The largest absolute Gasteiger partial charge is 0.376 e. The number of hydrogen-bond acceptors (Lipinski definition) is 4. The molecule has 7 nitrogen and oxygen atoms in total. The molecule has 2 aromatic carbocycles. The third-order valence-electron chi connectivity index (χ3n) is 5.71. The summed E-state index contributed by atoms with van der Waals surface area (Å²) in [5.74, 6) is -1.44. The first-order valence-electron chi connectivity index (χ1n) is 10.3. The van der Waals surface area contributed by atoms with Crippen molar-refractivity contribution in [1.29, 1.82) is 0 Å². The fourth-order valence-corrected chi connectivity index (χ4v) is 4.12. The molecule has 0 unspecified atom stereocenters. The highest BCUT2D eigenvalue weighted by Gasteiger charge is 2.24. The van der Waals surface area contributed by atoms with Gasteiger partial charge in [-0.2, -0.15) is 0 Å². The van der Waals surface area contributed by atoms with Crippen LogP contribution in [0.1, 0.15) is 18.4 Å². The number of aromatic nitrogens is 4. The van der Waals surface area contributed by atoms with Crippen molar-refractivity contribution in [3.63, 3.8) is 0 Å². The van der Waals surface area contributed by atoms with Crippen molar-refractivity contribution < 1.29 is 13.5 Å². The maximum atomic E-state index is 14.3. The van der Waals surface area contributed by atoms with Gasteiger partial charge in [-0.15, -0.1) is 0 Å². The third kappa shape index (κ3) is 3.44. The minimum Gasteiger partial charge on any atom is -0.376 e. The van der Waals surface area contributed by atoms with Gasteiger partial charge in [0.2, 0.25) is 0 Å². The van der Waals surface area contributed by atoms with Crippen LogP contribution in [-0.4, -0.2) is 31.4 Å². The Morgan fingerprint density at radius 2 is 1.78 bits per heavy atom. The lowest BCUT2D eigenvalue weighted by atomic mass is 10.2. The van der Waals surface area contributed by atoms with Crippen LogP contribution in [0, 0.1) is 11.6 Å². The average Bonchev–Trinajstić information content (AvgIpc) is 3.45. The Morgan fingerprint density at radius 1 is 1.03 bits per heavy atom. The lowest BCUT2D eigenvalue weighted by Crippen LogP contribution is -2.42. The molecule has 1 aliphatic heterocycles. The lowest BCUT2D eigenvalue weighted by Gasteiger charge is -2.15. The van der Waals surface area contributed by atoms with Crippen LogP contribution in [0.25, 0.3) is 16.9 Å². The standard InChI is InChI=1S/C23H20F2N4O3/c24-18-9-4-10-19(25)17(18)13-27-14-26-21-20(27)22(30)28(12-16-8-5-11-32-16)23(31)29(21)15-6-2-1-3-7-15/h1-4,6-7,9-10,14,16H,5,8,11-13H2/t16-/m1/s1. The van der Waals surface area contributed by atoms with Crippen LogP contribution >= 0.6 is 0 Å². The molecule has 0 saturated carbocycles. The van der Waals surface area contributed by atoms with Gasteiger partial charge in [-0.1, -0.05) is 24.3 Å². The quantitative estimate of drug-likeness (QED) is 0.481. The lowest BCUT2D eigenvalue weighted by molar-refractivity contribution is 0.0950. The summed E-state index contributed by atoms with van der Waals surface area (Å²) in [6.45, 7) is 0.440. The molecule has 32 heavy (non-hydrogen) atoms. The van der Waals surface area contributed by atoms with Crippen molar-refractivity contribution >= 4 is 11.2 Å². The Balaban J connectivity index is 1.74. The summed E-state index contributed by atoms with van der Waals surface area (Å²) in [7, 11) is 0. The fourth-order valence-electron chi connectivity index (χ4n) is 4.12. The van der Waals surface area contributed by atoms with Gasteiger partial charge in [-0.25, -0.2) is 23.1 Å². The highest BCUT2D eigenvalue weighted by Crippen LogP contribution is 2.19. The molecule has 2 aromatic heterocycles. The summed E-state index contributed by atoms with van der Waals surface area (Å²) < 4.78 is 38.0. The monoisotopic (exact) mass is 438 g/mol. The number of ether oxygens (including phenoxy) is 1. The maximum absolute atomic E-state index is 14.3. The Morgan fingerprint density at radius 3 is 2.47 bits per heavy atom. The Bertz CT molecular complexity index is 1380. The zero-order valence-electron chi connectivity index (χ0n) is 17.1. The molecule has 1 aliphatic rings. The number of para-hydroxylation sites is 1. The topological polar surface area (TPSA) is 71.0 Å². The van der Waals surface area contributed by atoms with Crippen molar-refractivity contribution in [3.05, 3.63) is 92.9 Å². The van der Waals surface area contributed by atoms with Crippen LogP contribution < -0.4 is 11.2 Å². The summed E-state index contributed by atoms with van der Waals surface area (Å²) in [5.41, 5.74) is -0.533. The second kappa shape index (κ2) is 8.16. The molecule has 4 aromatic rings. The van der Waals surface area contributed by atoms with Gasteiger partial charge < -0.3 is 9.30 Å². The van der Waals surface area contributed by atoms with Gasteiger partial charge in [0.1, 0.15) is 11.6 Å². The summed E-state index contributed by atoms with van der Waals surface area (Å²) in [4.78, 5) is 31.1. The van der Waals surface area contributed by atoms with Gasteiger partial charge in [0.25, 0.3) is 5.56 Å². The molecular weight excluding hydrogens is 418 g/mol. The van der Waals surface area contributed by atoms with E-state index in [1.54, 1.807) is 24.3 Å². The minimum absolute atomic E-state index is 0.0918. The number of imidazole rings is 1. The molecule has 164 valence electrons. The molecule has 0 amide bonds. The molecule has 0 N–H and O–H groups in total. The van der Waals surface area contributed by atoms with Crippen LogP contribution in [0.2, 0.25) is 0 Å². The van der Waals surface area contributed by atoms with Crippen LogP contribution in [0.3, 0.4) is 0 Å². The van der Waals surface area contributed by atoms with E-state index in [2.05, 4.69) is 4.98 Å². The summed E-state index contributed by atoms with van der Waals surface area (Å²) in [6, 6.07) is 12.4. The van der Waals surface area contributed by atoms with Gasteiger partial charge in [-0.3, -0.25) is 9.36 Å². The molecule has 0 bridgehead atoms. The van der Waals surface area contributed by atoms with Crippen molar-refractivity contribution in [1.82, 2.24) is 18.7 Å². The number of fused-ring (bicyclic) bond motifs is 1. The van der Waals surface area contributed by atoms with E-state index in [0.717, 1.165) is 29.5 Å². The molecule has 0 spiro atoms. The van der Waals surface area contributed by atoms with Gasteiger partial charge in [-0.05, 0) is 37.1 Å². The van der Waals surface area contributed by atoms with E-state index >= 15 is 0 Å². The second-order valence-electron chi connectivity index (χ2n) is 7.75. The van der Waals surface area contributed by atoms with Crippen molar-refractivity contribution in [2.75, 3.05) is 6.61 Å². The van der Waals surface area contributed by atoms with E-state index in [-0.39, 0.29) is 35.9 Å². The zero-order valence-corrected chi connectivity index (χ0v) is 17.1. The number of halogens is 2. The highest BCUT2D eigenvalue weighted by molar-refractivity contribution is 5.72. The average molecular weight is 438 g/mol. The number of nitrogens with zero attached hydrogens (tertiary/aromatic N) is 4. The molecule has 1 saturated heterocycles. The first-order valence-corrected chi connectivity index (χ1v) is 10.3. The van der Waals surface area contributed by atoms with E-state index in [0.29, 0.717) is 12.3 Å². The molecule has 1 fully saturated rings. The third-order valence-corrected chi connectivity index (χ3v) is 5.71. The normalized spacial score (nSPS) is 16.1. The summed E-state index contributed by atoms with van der Waals surface area (Å²) in [5, 5.41) is 0. The van der Waals surface area contributed by atoms with E-state index in [4.69, 9.17) is 4.74 Å². The zero-order chi connectivity index (χ0) is 22.2. The molecule has 1 atom stereocenters. The summed E-state index contributed by atoms with van der Waals surface area (Å²) >= 11 is 0. The van der Waals surface area contributed by atoms with Gasteiger partial charge >= 0.3 is 5.69 Å². The maximum Gasteiger partial charge on any atom is 0.337 e. The first-order chi connectivity index (χ1) is 15.5. The Kier molecular flexibility index (Phi) is 5.18. The Labute approximate surface area is 181 Å². The molecule has 0 radical (unpaired) electrons. The van der Waals surface area contributed by atoms with E-state index in [1.165, 1.54) is 21.5 Å². The van der Waals surface area contributed by atoms with E-state index in [9.17, 15) is 18.4 Å². The van der Waals surface area contributed by atoms with Crippen LogP contribution in [0.15, 0.2) is 64.4 Å². The molecule has 9 heteroatoms. The molecule has 3 heterocycles. The molecule has 0 aliphatic carbocycles. The fraction of sp³-hybridized carbons (Fsp3) is 0.261. The highest BCUT2D eigenvalue weighted by atomic mass is 19.1. The van der Waals surface area contributed by atoms with Crippen molar-refractivity contribution in [2.24, 2.45) is 0 Å².